The fourth-order valence-corrected chi connectivity index (χ4v) is 2.45. The molecular weight excluding hydrogens is 334 g/mol. The van der Waals surface area contributed by atoms with Crippen LogP contribution in [0.2, 0.25) is 0 Å². The van der Waals surface area contributed by atoms with E-state index in [-0.39, 0.29) is 11.3 Å². The molecule has 2 rings (SSSR count). The summed E-state index contributed by atoms with van der Waals surface area (Å²) in [6, 6.07) is 9.62. The minimum absolute atomic E-state index is 0.157. The summed E-state index contributed by atoms with van der Waals surface area (Å²) in [4.78, 5) is 22.9. The van der Waals surface area contributed by atoms with Gasteiger partial charge in [-0.3, -0.25) is 10.1 Å². The lowest BCUT2D eigenvalue weighted by Crippen LogP contribution is -2.07. The Bertz CT molecular complexity index is 805. The number of anilines is 3. The SMILES string of the molecule is CCCCOC(=O)c1ccc(Nc2ccc(N)c(CC)c2)c([N+](=O)[O-])c1. The zero-order chi connectivity index (χ0) is 19.1. The molecule has 0 spiro atoms. The number of carbonyl (C=O) groups excluding carboxylic acids is 1. The number of carbonyl (C=O) groups is 1. The van der Waals surface area contributed by atoms with Gasteiger partial charge in [-0.25, -0.2) is 4.79 Å². The molecule has 2 aromatic carbocycles. The second kappa shape index (κ2) is 8.84. The Morgan fingerprint density at radius 2 is 2.00 bits per heavy atom. The predicted octanol–water partition coefficient (Wildman–Crippen LogP) is 4.44. The molecule has 0 unspecified atom stereocenters. The van der Waals surface area contributed by atoms with Crippen LogP contribution in [0, 0.1) is 10.1 Å². The number of ether oxygens (including phenoxy) is 1. The maximum Gasteiger partial charge on any atom is 0.338 e. The topological polar surface area (TPSA) is 107 Å². The molecule has 0 radical (unpaired) electrons. The number of hydrogen-bond donors (Lipinski definition) is 2. The predicted molar refractivity (Wildman–Crippen MR) is 102 cm³/mol. The minimum atomic E-state index is -0.561. The molecule has 0 aliphatic carbocycles. The summed E-state index contributed by atoms with van der Waals surface area (Å²) in [6.07, 6.45) is 2.41. The Balaban J connectivity index is 2.26. The van der Waals surface area contributed by atoms with E-state index in [0.29, 0.717) is 23.7 Å². The van der Waals surface area contributed by atoms with Gasteiger partial charge in [0.1, 0.15) is 5.69 Å². The quantitative estimate of drug-likeness (QED) is 0.238. The molecule has 0 aromatic heterocycles. The van der Waals surface area contributed by atoms with E-state index in [1.165, 1.54) is 18.2 Å². The summed E-state index contributed by atoms with van der Waals surface area (Å²) >= 11 is 0. The number of hydrogen-bond acceptors (Lipinski definition) is 6. The van der Waals surface area contributed by atoms with Crippen LogP contribution in [0.25, 0.3) is 0 Å². The third-order valence-corrected chi connectivity index (χ3v) is 3.96. The van der Waals surface area contributed by atoms with Crippen molar-refractivity contribution in [3.63, 3.8) is 0 Å². The fraction of sp³-hybridized carbons (Fsp3) is 0.316. The van der Waals surface area contributed by atoms with Crippen molar-refractivity contribution in [3.8, 4) is 0 Å². The molecule has 0 heterocycles. The van der Waals surface area contributed by atoms with Gasteiger partial charge < -0.3 is 15.8 Å². The summed E-state index contributed by atoms with van der Waals surface area (Å²) < 4.78 is 5.11. The summed E-state index contributed by atoms with van der Waals surface area (Å²) in [7, 11) is 0. The number of nitro groups is 1. The largest absolute Gasteiger partial charge is 0.462 e. The monoisotopic (exact) mass is 357 g/mol. The molecule has 7 heteroatoms. The van der Waals surface area contributed by atoms with Crippen LogP contribution in [0.1, 0.15) is 42.6 Å². The molecular formula is C19H23N3O4. The van der Waals surface area contributed by atoms with E-state index in [9.17, 15) is 14.9 Å². The minimum Gasteiger partial charge on any atom is -0.462 e. The van der Waals surface area contributed by atoms with E-state index in [1.54, 1.807) is 12.1 Å². The Morgan fingerprint density at radius 1 is 1.23 bits per heavy atom. The van der Waals surface area contributed by atoms with Gasteiger partial charge in [0.15, 0.2) is 0 Å². The first-order valence-corrected chi connectivity index (χ1v) is 8.57. The van der Waals surface area contributed by atoms with Gasteiger partial charge in [-0.2, -0.15) is 0 Å². The van der Waals surface area contributed by atoms with E-state index in [4.69, 9.17) is 10.5 Å². The smallest absolute Gasteiger partial charge is 0.338 e. The first-order valence-electron chi connectivity index (χ1n) is 8.57. The summed E-state index contributed by atoms with van der Waals surface area (Å²) in [5.41, 5.74) is 8.48. The first kappa shape index (κ1) is 19.2. The van der Waals surface area contributed by atoms with Crippen LogP contribution in [0.3, 0.4) is 0 Å². The zero-order valence-electron chi connectivity index (χ0n) is 15.0. The van der Waals surface area contributed by atoms with Crippen molar-refractivity contribution < 1.29 is 14.5 Å². The van der Waals surface area contributed by atoms with Gasteiger partial charge >= 0.3 is 5.97 Å². The van der Waals surface area contributed by atoms with Gasteiger partial charge in [0.05, 0.1) is 17.1 Å². The second-order valence-corrected chi connectivity index (χ2v) is 5.87. The Morgan fingerprint density at radius 3 is 2.65 bits per heavy atom. The molecule has 0 amide bonds. The van der Waals surface area contributed by atoms with Crippen molar-refractivity contribution in [3.05, 3.63) is 57.6 Å². The van der Waals surface area contributed by atoms with Gasteiger partial charge in [-0.15, -0.1) is 0 Å². The number of aryl methyl sites for hydroxylation is 1. The van der Waals surface area contributed by atoms with Crippen LogP contribution in [0.5, 0.6) is 0 Å². The summed E-state index contributed by atoms with van der Waals surface area (Å²) in [6.45, 7) is 4.27. The van der Waals surface area contributed by atoms with Crippen LogP contribution in [0.15, 0.2) is 36.4 Å². The van der Waals surface area contributed by atoms with E-state index >= 15 is 0 Å². The molecule has 2 aromatic rings. The summed E-state index contributed by atoms with van der Waals surface area (Å²) in [5, 5.41) is 14.4. The number of unbranched alkanes of at least 4 members (excludes halogenated alkanes) is 1. The lowest BCUT2D eigenvalue weighted by Gasteiger charge is -2.11. The number of nitrogens with one attached hydrogen (secondary N) is 1. The maximum atomic E-state index is 12.0. The van der Waals surface area contributed by atoms with E-state index in [1.807, 2.05) is 19.9 Å². The zero-order valence-corrected chi connectivity index (χ0v) is 15.0. The molecule has 0 aliphatic heterocycles. The molecule has 26 heavy (non-hydrogen) atoms. The number of nitrogen functional groups attached to an aromatic ring is 1. The average Bonchev–Trinajstić information content (AvgIpc) is 2.63. The Labute approximate surface area is 152 Å². The Kier molecular flexibility index (Phi) is 6.54. The number of nitro benzene ring substituents is 1. The molecule has 0 saturated carbocycles. The van der Waals surface area contributed by atoms with Crippen LogP contribution in [0.4, 0.5) is 22.7 Å². The van der Waals surface area contributed by atoms with Crippen LogP contribution >= 0.6 is 0 Å². The van der Waals surface area contributed by atoms with Crippen molar-refractivity contribution >= 4 is 28.7 Å². The van der Waals surface area contributed by atoms with Gasteiger partial charge in [0, 0.05) is 17.4 Å². The number of nitrogens with two attached hydrogens (primary N) is 1. The number of benzene rings is 2. The highest BCUT2D eigenvalue weighted by Gasteiger charge is 2.18. The van der Waals surface area contributed by atoms with Crippen LogP contribution in [-0.4, -0.2) is 17.5 Å². The number of rotatable bonds is 8. The first-order chi connectivity index (χ1) is 12.5. The molecule has 0 aliphatic rings. The lowest BCUT2D eigenvalue weighted by molar-refractivity contribution is -0.383. The third kappa shape index (κ3) is 4.72. The molecule has 0 atom stereocenters. The van der Waals surface area contributed by atoms with Crippen LogP contribution in [-0.2, 0) is 11.2 Å². The van der Waals surface area contributed by atoms with Gasteiger partial charge in [-0.1, -0.05) is 20.3 Å². The van der Waals surface area contributed by atoms with Gasteiger partial charge in [-0.05, 0) is 48.7 Å². The highest BCUT2D eigenvalue weighted by atomic mass is 16.6. The standard InChI is InChI=1S/C19H23N3O4/c1-3-5-10-26-19(23)14-6-9-17(18(12-14)22(24)25)21-15-7-8-16(20)13(4-2)11-15/h6-9,11-12,21H,3-5,10,20H2,1-2H3. The normalized spacial score (nSPS) is 10.4. The Hall–Kier alpha value is -3.09. The van der Waals surface area contributed by atoms with Gasteiger partial charge in [0.2, 0.25) is 0 Å². The molecule has 3 N–H and O–H groups in total. The van der Waals surface area contributed by atoms with Crippen molar-refractivity contribution in [1.29, 1.82) is 0 Å². The molecule has 138 valence electrons. The molecule has 7 nitrogen and oxygen atoms in total. The molecule has 0 bridgehead atoms. The second-order valence-electron chi connectivity index (χ2n) is 5.87. The van der Waals surface area contributed by atoms with E-state index in [2.05, 4.69) is 5.32 Å². The average molecular weight is 357 g/mol. The van der Waals surface area contributed by atoms with Crippen molar-refractivity contribution in [1.82, 2.24) is 0 Å². The lowest BCUT2D eigenvalue weighted by atomic mass is 10.1. The molecule has 0 saturated heterocycles. The fourth-order valence-electron chi connectivity index (χ4n) is 2.45. The van der Waals surface area contributed by atoms with Crippen molar-refractivity contribution in [2.45, 2.75) is 33.1 Å². The summed E-state index contributed by atoms with van der Waals surface area (Å²) in [5.74, 6) is -0.561. The molecule has 0 fully saturated rings. The maximum absolute atomic E-state index is 12.0. The van der Waals surface area contributed by atoms with Gasteiger partial charge in [0.25, 0.3) is 5.69 Å². The van der Waals surface area contributed by atoms with Crippen molar-refractivity contribution in [2.75, 3.05) is 17.7 Å². The third-order valence-electron chi connectivity index (χ3n) is 3.96. The highest BCUT2D eigenvalue weighted by Crippen LogP contribution is 2.30. The van der Waals surface area contributed by atoms with E-state index < -0.39 is 10.9 Å². The van der Waals surface area contributed by atoms with E-state index in [0.717, 1.165) is 24.8 Å². The number of nitrogens with zero attached hydrogens (tertiary/aromatic N) is 1. The van der Waals surface area contributed by atoms with Crippen LogP contribution < -0.4 is 11.1 Å². The van der Waals surface area contributed by atoms with Crippen molar-refractivity contribution in [2.24, 2.45) is 0 Å². The number of esters is 1. The highest BCUT2D eigenvalue weighted by molar-refractivity contribution is 5.91.